The maximum atomic E-state index is 9.24. The molecule has 0 spiro atoms. The van der Waals surface area contributed by atoms with Gasteiger partial charge in [-0.15, -0.1) is 0 Å². The van der Waals surface area contributed by atoms with Crippen molar-refractivity contribution in [1.82, 2.24) is 5.32 Å². The highest BCUT2D eigenvalue weighted by Crippen LogP contribution is 2.30. The fraction of sp³-hybridized carbons (Fsp3) is 0.600. The zero-order chi connectivity index (χ0) is 12.6. The van der Waals surface area contributed by atoms with Gasteiger partial charge in [-0.1, -0.05) is 24.6 Å². The van der Waals surface area contributed by atoms with Crippen molar-refractivity contribution in [2.75, 3.05) is 26.3 Å². The van der Waals surface area contributed by atoms with Crippen LogP contribution in [-0.4, -0.2) is 31.4 Å². The topological polar surface area (TPSA) is 41.5 Å². The van der Waals surface area contributed by atoms with Crippen molar-refractivity contribution in [3.63, 3.8) is 0 Å². The van der Waals surface area contributed by atoms with E-state index in [4.69, 9.17) is 4.74 Å². The van der Waals surface area contributed by atoms with E-state index in [0.717, 1.165) is 18.8 Å². The normalized spacial score (nSPS) is 23.2. The minimum absolute atomic E-state index is 0.340. The Balaban J connectivity index is 1.56. The number of aliphatic hydroxyl groups excluding tert-OH is 1. The predicted molar refractivity (Wildman–Crippen MR) is 72.7 cm³/mol. The van der Waals surface area contributed by atoms with Gasteiger partial charge < -0.3 is 15.2 Å². The molecule has 2 atom stereocenters. The van der Waals surface area contributed by atoms with Crippen molar-refractivity contribution in [2.45, 2.75) is 19.3 Å². The second-order valence-corrected chi connectivity index (χ2v) is 5.00. The molecule has 1 aliphatic rings. The molecular formula is C15H23NO2. The summed E-state index contributed by atoms with van der Waals surface area (Å²) in [5.74, 6) is 2.08. The van der Waals surface area contributed by atoms with Gasteiger partial charge in [-0.3, -0.25) is 0 Å². The fourth-order valence-electron chi connectivity index (χ4n) is 2.67. The summed E-state index contributed by atoms with van der Waals surface area (Å²) in [6.45, 7) is 2.90. The molecule has 2 unspecified atom stereocenters. The summed E-state index contributed by atoms with van der Waals surface area (Å²) >= 11 is 0. The monoisotopic (exact) mass is 249 g/mol. The first-order valence-electron chi connectivity index (χ1n) is 6.89. The number of nitrogens with one attached hydrogen (secondary N) is 1. The minimum atomic E-state index is 0.340. The molecule has 2 N–H and O–H groups in total. The largest absolute Gasteiger partial charge is 0.492 e. The Labute approximate surface area is 109 Å². The summed E-state index contributed by atoms with van der Waals surface area (Å²) in [5, 5.41) is 12.7. The van der Waals surface area contributed by atoms with Crippen LogP contribution in [0.1, 0.15) is 19.3 Å². The molecule has 3 heteroatoms. The number of ether oxygens (including phenoxy) is 1. The molecule has 1 saturated carbocycles. The van der Waals surface area contributed by atoms with E-state index in [1.807, 2.05) is 30.3 Å². The van der Waals surface area contributed by atoms with Gasteiger partial charge in [0.1, 0.15) is 12.4 Å². The van der Waals surface area contributed by atoms with Crippen LogP contribution in [0.4, 0.5) is 0 Å². The standard InChI is InChI=1S/C15H23NO2/c17-12-14-6-4-5-13(14)11-16-9-10-18-15-7-2-1-3-8-15/h1-3,7-8,13-14,16-17H,4-6,9-12H2. The number of hydrogen-bond donors (Lipinski definition) is 2. The van der Waals surface area contributed by atoms with Crippen molar-refractivity contribution in [2.24, 2.45) is 11.8 Å². The summed E-state index contributed by atoms with van der Waals surface area (Å²) in [6.07, 6.45) is 3.69. The van der Waals surface area contributed by atoms with E-state index in [0.29, 0.717) is 25.0 Å². The smallest absolute Gasteiger partial charge is 0.119 e. The van der Waals surface area contributed by atoms with E-state index in [9.17, 15) is 5.11 Å². The second-order valence-electron chi connectivity index (χ2n) is 5.00. The molecular weight excluding hydrogens is 226 g/mol. The first-order valence-corrected chi connectivity index (χ1v) is 6.89. The van der Waals surface area contributed by atoms with Crippen LogP contribution in [0.3, 0.4) is 0 Å². The van der Waals surface area contributed by atoms with E-state index in [2.05, 4.69) is 5.32 Å². The van der Waals surface area contributed by atoms with Crippen molar-refractivity contribution in [3.05, 3.63) is 30.3 Å². The molecule has 0 saturated heterocycles. The number of para-hydroxylation sites is 1. The predicted octanol–water partition coefficient (Wildman–Crippen LogP) is 2.06. The van der Waals surface area contributed by atoms with Crippen LogP contribution in [0.5, 0.6) is 5.75 Å². The molecule has 0 heterocycles. The number of aliphatic hydroxyl groups is 1. The number of hydrogen-bond acceptors (Lipinski definition) is 3. The highest BCUT2D eigenvalue weighted by molar-refractivity contribution is 5.20. The molecule has 0 amide bonds. The van der Waals surface area contributed by atoms with Crippen LogP contribution in [0.25, 0.3) is 0 Å². The summed E-state index contributed by atoms with van der Waals surface area (Å²) in [4.78, 5) is 0. The summed E-state index contributed by atoms with van der Waals surface area (Å²) in [5.41, 5.74) is 0. The molecule has 1 fully saturated rings. The first kappa shape index (κ1) is 13.4. The molecule has 0 aromatic heterocycles. The van der Waals surface area contributed by atoms with Gasteiger partial charge in [0.05, 0.1) is 0 Å². The van der Waals surface area contributed by atoms with Crippen LogP contribution in [-0.2, 0) is 0 Å². The zero-order valence-corrected chi connectivity index (χ0v) is 10.8. The van der Waals surface area contributed by atoms with E-state index in [1.165, 1.54) is 19.3 Å². The Kier molecular flexibility index (Phi) is 5.49. The Bertz CT molecular complexity index is 329. The maximum absolute atomic E-state index is 9.24. The van der Waals surface area contributed by atoms with Crippen LogP contribution >= 0.6 is 0 Å². The van der Waals surface area contributed by atoms with Gasteiger partial charge in [0.2, 0.25) is 0 Å². The minimum Gasteiger partial charge on any atom is -0.492 e. The molecule has 1 aliphatic carbocycles. The molecule has 0 bridgehead atoms. The lowest BCUT2D eigenvalue weighted by Crippen LogP contribution is -2.29. The Morgan fingerprint density at radius 3 is 2.72 bits per heavy atom. The van der Waals surface area contributed by atoms with Crippen LogP contribution in [0, 0.1) is 11.8 Å². The molecule has 100 valence electrons. The second kappa shape index (κ2) is 7.39. The van der Waals surface area contributed by atoms with Crippen molar-refractivity contribution >= 4 is 0 Å². The average molecular weight is 249 g/mol. The lowest BCUT2D eigenvalue weighted by Gasteiger charge is -2.17. The Hall–Kier alpha value is -1.06. The van der Waals surface area contributed by atoms with Gasteiger partial charge in [-0.25, -0.2) is 0 Å². The zero-order valence-electron chi connectivity index (χ0n) is 10.8. The molecule has 0 aliphatic heterocycles. The first-order chi connectivity index (χ1) is 8.90. The van der Waals surface area contributed by atoms with Gasteiger partial charge in [-0.05, 0) is 43.4 Å². The molecule has 18 heavy (non-hydrogen) atoms. The van der Waals surface area contributed by atoms with Gasteiger partial charge in [0, 0.05) is 13.2 Å². The number of rotatable bonds is 7. The summed E-state index contributed by atoms with van der Waals surface area (Å²) in [6, 6.07) is 9.89. The maximum Gasteiger partial charge on any atom is 0.119 e. The van der Waals surface area contributed by atoms with Crippen LogP contribution in [0.15, 0.2) is 30.3 Å². The summed E-state index contributed by atoms with van der Waals surface area (Å²) in [7, 11) is 0. The quantitative estimate of drug-likeness (QED) is 0.727. The molecule has 1 aromatic carbocycles. The van der Waals surface area contributed by atoms with E-state index in [1.54, 1.807) is 0 Å². The Morgan fingerprint density at radius 2 is 1.94 bits per heavy atom. The van der Waals surface area contributed by atoms with Gasteiger partial charge in [0.15, 0.2) is 0 Å². The lowest BCUT2D eigenvalue weighted by molar-refractivity contribution is 0.191. The number of benzene rings is 1. The van der Waals surface area contributed by atoms with Crippen molar-refractivity contribution < 1.29 is 9.84 Å². The third-order valence-corrected chi connectivity index (χ3v) is 3.75. The highest BCUT2D eigenvalue weighted by Gasteiger charge is 2.25. The lowest BCUT2D eigenvalue weighted by atomic mass is 9.97. The molecule has 3 nitrogen and oxygen atoms in total. The fourth-order valence-corrected chi connectivity index (χ4v) is 2.67. The van der Waals surface area contributed by atoms with E-state index < -0.39 is 0 Å². The average Bonchev–Trinajstić information content (AvgIpc) is 2.87. The SMILES string of the molecule is OCC1CCCC1CNCCOc1ccccc1. The van der Waals surface area contributed by atoms with Gasteiger partial charge in [-0.2, -0.15) is 0 Å². The third-order valence-electron chi connectivity index (χ3n) is 3.75. The molecule has 2 rings (SSSR count). The summed E-state index contributed by atoms with van der Waals surface area (Å²) < 4.78 is 5.61. The third kappa shape index (κ3) is 4.00. The van der Waals surface area contributed by atoms with Gasteiger partial charge >= 0.3 is 0 Å². The Morgan fingerprint density at radius 1 is 1.17 bits per heavy atom. The molecule has 1 aromatic rings. The van der Waals surface area contributed by atoms with Gasteiger partial charge in [0.25, 0.3) is 0 Å². The van der Waals surface area contributed by atoms with Crippen LogP contribution in [0.2, 0.25) is 0 Å². The van der Waals surface area contributed by atoms with Crippen molar-refractivity contribution in [3.8, 4) is 5.75 Å². The van der Waals surface area contributed by atoms with E-state index in [-0.39, 0.29) is 0 Å². The highest BCUT2D eigenvalue weighted by atomic mass is 16.5. The van der Waals surface area contributed by atoms with Crippen molar-refractivity contribution in [1.29, 1.82) is 0 Å². The molecule has 0 radical (unpaired) electrons. The van der Waals surface area contributed by atoms with E-state index >= 15 is 0 Å². The van der Waals surface area contributed by atoms with Crippen LogP contribution < -0.4 is 10.1 Å².